The number of aliphatic hydroxyl groups is 3. The molecule has 1 aliphatic carbocycles. The highest BCUT2D eigenvalue weighted by Gasteiger charge is 2.42. The highest BCUT2D eigenvalue weighted by molar-refractivity contribution is 5.33. The highest BCUT2D eigenvalue weighted by atomic mass is 16.3. The lowest BCUT2D eigenvalue weighted by Gasteiger charge is -2.19. The molecule has 0 aromatic carbocycles. The minimum atomic E-state index is -1.07. The van der Waals surface area contributed by atoms with Crippen LogP contribution in [0.2, 0.25) is 0 Å². The zero-order chi connectivity index (χ0) is 14.2. The molecule has 0 aliphatic heterocycles. The number of rotatable bonds is 3. The molecule has 2 rings (SSSR count). The Labute approximate surface area is 110 Å². The van der Waals surface area contributed by atoms with E-state index in [0.29, 0.717) is 12.2 Å². The van der Waals surface area contributed by atoms with E-state index in [2.05, 4.69) is 4.98 Å². The van der Waals surface area contributed by atoms with Gasteiger partial charge in [0.2, 0.25) is 0 Å². The van der Waals surface area contributed by atoms with Crippen LogP contribution in [0.25, 0.3) is 0 Å². The number of hydrogen-bond donors (Lipinski definition) is 3. The van der Waals surface area contributed by atoms with Crippen molar-refractivity contribution < 1.29 is 15.3 Å². The van der Waals surface area contributed by atoms with Crippen LogP contribution in [0.5, 0.6) is 0 Å². The lowest BCUT2D eigenvalue weighted by Crippen LogP contribution is -2.35. The van der Waals surface area contributed by atoms with E-state index in [9.17, 15) is 15.0 Å². The van der Waals surface area contributed by atoms with E-state index >= 15 is 0 Å². The minimum absolute atomic E-state index is 0.216. The minimum Gasteiger partial charge on any atom is -0.396 e. The van der Waals surface area contributed by atoms with E-state index in [4.69, 9.17) is 5.11 Å². The maximum absolute atomic E-state index is 11.9. The Hall–Kier alpha value is -1.44. The van der Waals surface area contributed by atoms with Gasteiger partial charge in [-0.25, -0.2) is 4.79 Å². The topological polar surface area (TPSA) is 98.8 Å². The Balaban J connectivity index is 2.31. The van der Waals surface area contributed by atoms with Crippen molar-refractivity contribution in [3.63, 3.8) is 0 Å². The maximum atomic E-state index is 11.9. The normalized spacial score (nSPS) is 30.6. The fraction of sp³-hybridized carbons (Fsp3) is 0.667. The number of anilines is 1. The highest BCUT2D eigenvalue weighted by Crippen LogP contribution is 2.34. The zero-order valence-corrected chi connectivity index (χ0v) is 11.0. The van der Waals surface area contributed by atoms with Crippen LogP contribution in [-0.4, -0.2) is 57.8 Å². The molecule has 7 nitrogen and oxygen atoms in total. The summed E-state index contributed by atoms with van der Waals surface area (Å²) >= 11 is 0. The standard InChI is InChI=1S/C12H19N3O4/c1-14(2)9-3-4-15(12(19)13-9)8-5-7(6-16)10(17)11(8)18/h3-4,7-8,10-11,16-18H,5-6H2,1-2H3. The Morgan fingerprint density at radius 1 is 1.42 bits per heavy atom. The fourth-order valence-corrected chi connectivity index (χ4v) is 2.46. The van der Waals surface area contributed by atoms with Gasteiger partial charge in [-0.1, -0.05) is 0 Å². The van der Waals surface area contributed by atoms with Gasteiger partial charge in [-0.15, -0.1) is 0 Å². The summed E-state index contributed by atoms with van der Waals surface area (Å²) in [6.45, 7) is -0.216. The van der Waals surface area contributed by atoms with E-state index in [0.717, 1.165) is 0 Å². The van der Waals surface area contributed by atoms with Crippen LogP contribution >= 0.6 is 0 Å². The average molecular weight is 269 g/mol. The number of aliphatic hydroxyl groups excluding tert-OH is 3. The summed E-state index contributed by atoms with van der Waals surface area (Å²) in [6.07, 6.45) is -0.176. The van der Waals surface area contributed by atoms with E-state index in [1.165, 1.54) is 4.57 Å². The molecule has 0 radical (unpaired) electrons. The third-order valence-electron chi connectivity index (χ3n) is 3.64. The Bertz CT molecular complexity index is 502. The molecule has 0 amide bonds. The quantitative estimate of drug-likeness (QED) is 0.623. The summed E-state index contributed by atoms with van der Waals surface area (Å²) in [6, 6.07) is 1.12. The van der Waals surface area contributed by atoms with Crippen LogP contribution in [0.4, 0.5) is 5.82 Å². The van der Waals surface area contributed by atoms with Gasteiger partial charge < -0.3 is 20.2 Å². The van der Waals surface area contributed by atoms with Crippen molar-refractivity contribution in [2.45, 2.75) is 24.7 Å². The van der Waals surface area contributed by atoms with Crippen molar-refractivity contribution in [1.29, 1.82) is 0 Å². The van der Waals surface area contributed by atoms with Crippen molar-refractivity contribution in [2.24, 2.45) is 5.92 Å². The van der Waals surface area contributed by atoms with Gasteiger partial charge >= 0.3 is 5.69 Å². The van der Waals surface area contributed by atoms with Crippen LogP contribution in [0, 0.1) is 5.92 Å². The molecule has 7 heteroatoms. The lowest BCUT2D eigenvalue weighted by molar-refractivity contribution is -0.00454. The maximum Gasteiger partial charge on any atom is 0.349 e. The second-order valence-corrected chi connectivity index (χ2v) is 5.10. The third-order valence-corrected chi connectivity index (χ3v) is 3.64. The van der Waals surface area contributed by atoms with Crippen molar-refractivity contribution >= 4 is 5.82 Å². The van der Waals surface area contributed by atoms with Crippen LogP contribution in [0.15, 0.2) is 17.1 Å². The van der Waals surface area contributed by atoms with Crippen LogP contribution in [-0.2, 0) is 0 Å². The third kappa shape index (κ3) is 2.49. The molecule has 1 aliphatic rings. The molecule has 106 valence electrons. The second-order valence-electron chi connectivity index (χ2n) is 5.10. The SMILES string of the molecule is CN(C)c1ccn(C2CC(CO)C(O)C2O)c(=O)n1. The molecule has 1 aromatic rings. The summed E-state index contributed by atoms with van der Waals surface area (Å²) in [4.78, 5) is 17.6. The average Bonchev–Trinajstić information content (AvgIpc) is 2.66. The second kappa shape index (κ2) is 5.28. The molecule has 1 fully saturated rings. The van der Waals surface area contributed by atoms with Crippen LogP contribution < -0.4 is 10.6 Å². The van der Waals surface area contributed by atoms with Gasteiger partial charge in [0.25, 0.3) is 0 Å². The van der Waals surface area contributed by atoms with Gasteiger partial charge in [0, 0.05) is 32.8 Å². The molecule has 4 atom stereocenters. The van der Waals surface area contributed by atoms with Gasteiger partial charge in [-0.05, 0) is 12.5 Å². The molecule has 1 saturated carbocycles. The van der Waals surface area contributed by atoms with Gasteiger partial charge in [0.15, 0.2) is 0 Å². The van der Waals surface area contributed by atoms with Gasteiger partial charge in [0.05, 0.1) is 12.1 Å². The molecule has 4 unspecified atom stereocenters. The first-order chi connectivity index (χ1) is 8.95. The van der Waals surface area contributed by atoms with Gasteiger partial charge in [-0.3, -0.25) is 4.57 Å². The van der Waals surface area contributed by atoms with Crippen molar-refractivity contribution in [1.82, 2.24) is 9.55 Å². The van der Waals surface area contributed by atoms with Crippen LogP contribution in [0.1, 0.15) is 12.5 Å². The summed E-state index contributed by atoms with van der Waals surface area (Å²) in [7, 11) is 3.56. The summed E-state index contributed by atoms with van der Waals surface area (Å²) in [5.74, 6) is 0.119. The number of nitrogens with zero attached hydrogens (tertiary/aromatic N) is 3. The fourth-order valence-electron chi connectivity index (χ4n) is 2.46. The van der Waals surface area contributed by atoms with E-state index in [-0.39, 0.29) is 6.61 Å². The molecule has 19 heavy (non-hydrogen) atoms. The molecule has 0 spiro atoms. The van der Waals surface area contributed by atoms with E-state index in [1.807, 2.05) is 0 Å². The monoisotopic (exact) mass is 269 g/mol. The summed E-state index contributed by atoms with van der Waals surface area (Å²) in [5.41, 5.74) is -0.471. The first kappa shape index (κ1) is 14.0. The molecule has 0 bridgehead atoms. The molecule has 3 N–H and O–H groups in total. The number of hydrogen-bond acceptors (Lipinski definition) is 6. The first-order valence-electron chi connectivity index (χ1n) is 6.19. The van der Waals surface area contributed by atoms with E-state index in [1.54, 1.807) is 31.3 Å². The molecular weight excluding hydrogens is 250 g/mol. The predicted octanol–water partition coefficient (Wildman–Crippen LogP) is -1.42. The van der Waals surface area contributed by atoms with Gasteiger partial charge in [0.1, 0.15) is 11.9 Å². The van der Waals surface area contributed by atoms with Crippen LogP contribution in [0.3, 0.4) is 0 Å². The molecule has 1 heterocycles. The molecule has 1 aromatic heterocycles. The Morgan fingerprint density at radius 2 is 2.11 bits per heavy atom. The summed E-state index contributed by atoms with van der Waals surface area (Å²) < 4.78 is 1.32. The first-order valence-corrected chi connectivity index (χ1v) is 6.19. The predicted molar refractivity (Wildman–Crippen MR) is 69.1 cm³/mol. The number of aromatic nitrogens is 2. The Morgan fingerprint density at radius 3 is 2.58 bits per heavy atom. The molecule has 0 saturated heterocycles. The zero-order valence-electron chi connectivity index (χ0n) is 11.0. The smallest absolute Gasteiger partial charge is 0.349 e. The largest absolute Gasteiger partial charge is 0.396 e. The Kier molecular flexibility index (Phi) is 3.88. The van der Waals surface area contributed by atoms with Crippen molar-refractivity contribution in [2.75, 3.05) is 25.6 Å². The van der Waals surface area contributed by atoms with Gasteiger partial charge in [-0.2, -0.15) is 4.98 Å². The molecular formula is C12H19N3O4. The van der Waals surface area contributed by atoms with Crippen molar-refractivity contribution in [3.8, 4) is 0 Å². The summed E-state index contributed by atoms with van der Waals surface area (Å²) in [5, 5.41) is 28.8. The lowest BCUT2D eigenvalue weighted by atomic mass is 10.1. The van der Waals surface area contributed by atoms with E-state index < -0.39 is 29.9 Å². The van der Waals surface area contributed by atoms with Crippen molar-refractivity contribution in [3.05, 3.63) is 22.7 Å².